The number of benzene rings is 1. The molecule has 2 heteroatoms. The van der Waals surface area contributed by atoms with Crippen LogP contribution < -0.4 is 5.32 Å². The van der Waals surface area contributed by atoms with Crippen molar-refractivity contribution in [2.24, 2.45) is 5.41 Å². The zero-order chi connectivity index (χ0) is 13.3. The molecule has 1 aromatic rings. The lowest BCUT2D eigenvalue weighted by molar-refractivity contribution is 0.0174. The Bertz CT molecular complexity index is 437. The summed E-state index contributed by atoms with van der Waals surface area (Å²) in [7, 11) is 0. The summed E-state index contributed by atoms with van der Waals surface area (Å²) < 4.78 is 13.3. The largest absolute Gasteiger partial charge is 0.307 e. The van der Waals surface area contributed by atoms with Crippen LogP contribution in [0, 0.1) is 11.2 Å². The SMILES string of the molecule is C[C@H](NC1CCC12CCCCC2)c1cccc(F)c1. The fourth-order valence-electron chi connectivity index (χ4n) is 3.99. The zero-order valence-electron chi connectivity index (χ0n) is 11.8. The fourth-order valence-corrected chi connectivity index (χ4v) is 3.99. The minimum Gasteiger partial charge on any atom is -0.307 e. The second kappa shape index (κ2) is 5.24. The van der Waals surface area contributed by atoms with Crippen molar-refractivity contribution in [1.82, 2.24) is 5.32 Å². The summed E-state index contributed by atoms with van der Waals surface area (Å²) in [6, 6.07) is 7.89. The van der Waals surface area contributed by atoms with Gasteiger partial charge in [-0.2, -0.15) is 0 Å². The standard InChI is InChI=1S/C17H24FN/c1-13(14-6-5-7-15(18)12-14)19-16-8-11-17(16)9-3-2-4-10-17/h5-7,12-13,16,19H,2-4,8-11H2,1H3/t13-,16?/m0/s1. The van der Waals surface area contributed by atoms with Crippen molar-refractivity contribution in [2.75, 3.05) is 0 Å². The summed E-state index contributed by atoms with van der Waals surface area (Å²) >= 11 is 0. The molecule has 1 unspecified atom stereocenters. The Morgan fingerprint density at radius 2 is 2.00 bits per heavy atom. The van der Waals surface area contributed by atoms with Crippen LogP contribution in [0.2, 0.25) is 0 Å². The van der Waals surface area contributed by atoms with Crippen molar-refractivity contribution in [3.05, 3.63) is 35.6 Å². The van der Waals surface area contributed by atoms with E-state index in [-0.39, 0.29) is 11.9 Å². The van der Waals surface area contributed by atoms with E-state index in [1.807, 2.05) is 6.07 Å². The molecule has 0 bridgehead atoms. The van der Waals surface area contributed by atoms with Crippen molar-refractivity contribution in [2.45, 2.75) is 64.0 Å². The minimum absolute atomic E-state index is 0.132. The maximum Gasteiger partial charge on any atom is 0.123 e. The van der Waals surface area contributed by atoms with Gasteiger partial charge in [0.05, 0.1) is 0 Å². The number of hydrogen-bond acceptors (Lipinski definition) is 1. The van der Waals surface area contributed by atoms with E-state index in [2.05, 4.69) is 12.2 Å². The topological polar surface area (TPSA) is 12.0 Å². The summed E-state index contributed by atoms with van der Waals surface area (Å²) in [5.41, 5.74) is 1.64. The molecule has 3 rings (SSSR count). The third-order valence-electron chi connectivity index (χ3n) is 5.32. The van der Waals surface area contributed by atoms with E-state index in [9.17, 15) is 4.39 Å². The molecule has 0 aliphatic heterocycles. The van der Waals surface area contributed by atoms with Gasteiger partial charge in [-0.1, -0.05) is 31.4 Å². The highest BCUT2D eigenvalue weighted by atomic mass is 19.1. The Kier molecular flexibility index (Phi) is 3.62. The smallest absolute Gasteiger partial charge is 0.123 e. The van der Waals surface area contributed by atoms with E-state index in [1.54, 1.807) is 12.1 Å². The summed E-state index contributed by atoms with van der Waals surface area (Å²) in [5.74, 6) is -0.132. The lowest BCUT2D eigenvalue weighted by Crippen LogP contribution is -2.54. The van der Waals surface area contributed by atoms with Crippen molar-refractivity contribution in [3.63, 3.8) is 0 Å². The molecular weight excluding hydrogens is 237 g/mol. The molecule has 1 nitrogen and oxygen atoms in total. The predicted molar refractivity (Wildman–Crippen MR) is 76.5 cm³/mol. The molecule has 2 saturated carbocycles. The van der Waals surface area contributed by atoms with Crippen LogP contribution in [0.3, 0.4) is 0 Å². The molecule has 2 fully saturated rings. The lowest BCUT2D eigenvalue weighted by atomic mass is 9.57. The van der Waals surface area contributed by atoms with Gasteiger partial charge in [0, 0.05) is 12.1 Å². The van der Waals surface area contributed by atoms with E-state index in [4.69, 9.17) is 0 Å². The number of nitrogens with one attached hydrogen (secondary N) is 1. The molecule has 2 atom stereocenters. The monoisotopic (exact) mass is 261 g/mol. The van der Waals surface area contributed by atoms with E-state index in [0.29, 0.717) is 11.5 Å². The van der Waals surface area contributed by atoms with Crippen molar-refractivity contribution in [3.8, 4) is 0 Å². The van der Waals surface area contributed by atoms with Crippen LogP contribution >= 0.6 is 0 Å². The predicted octanol–water partition coefficient (Wildman–Crippen LogP) is 4.59. The Hall–Kier alpha value is -0.890. The molecule has 2 aliphatic carbocycles. The van der Waals surface area contributed by atoms with Crippen LogP contribution in [0.25, 0.3) is 0 Å². The molecule has 1 N–H and O–H groups in total. The maximum absolute atomic E-state index is 13.3. The van der Waals surface area contributed by atoms with Gasteiger partial charge in [-0.15, -0.1) is 0 Å². The van der Waals surface area contributed by atoms with Gasteiger partial charge < -0.3 is 5.32 Å². The summed E-state index contributed by atoms with van der Waals surface area (Å²) in [4.78, 5) is 0. The van der Waals surface area contributed by atoms with Gasteiger partial charge in [0.25, 0.3) is 0 Å². The quantitative estimate of drug-likeness (QED) is 0.839. The third-order valence-corrected chi connectivity index (χ3v) is 5.32. The Morgan fingerprint density at radius 3 is 2.63 bits per heavy atom. The van der Waals surface area contributed by atoms with Gasteiger partial charge >= 0.3 is 0 Å². The molecule has 2 aliphatic rings. The molecule has 19 heavy (non-hydrogen) atoms. The molecule has 0 radical (unpaired) electrons. The Labute approximate surface area is 115 Å². The molecule has 104 valence electrons. The van der Waals surface area contributed by atoms with Crippen molar-refractivity contribution in [1.29, 1.82) is 0 Å². The molecule has 0 saturated heterocycles. The average Bonchev–Trinajstić information content (AvgIpc) is 2.44. The average molecular weight is 261 g/mol. The number of halogens is 1. The summed E-state index contributed by atoms with van der Waals surface area (Å²) in [5, 5.41) is 3.75. The van der Waals surface area contributed by atoms with Gasteiger partial charge in [-0.05, 0) is 55.7 Å². The fraction of sp³-hybridized carbons (Fsp3) is 0.647. The maximum atomic E-state index is 13.3. The lowest BCUT2D eigenvalue weighted by Gasteiger charge is -2.53. The van der Waals surface area contributed by atoms with E-state index < -0.39 is 0 Å². The molecule has 0 aromatic heterocycles. The first-order valence-corrected chi connectivity index (χ1v) is 7.71. The van der Waals surface area contributed by atoms with E-state index >= 15 is 0 Å². The van der Waals surface area contributed by atoms with Crippen LogP contribution in [0.5, 0.6) is 0 Å². The zero-order valence-corrected chi connectivity index (χ0v) is 11.8. The normalized spacial score (nSPS) is 26.9. The summed E-state index contributed by atoms with van der Waals surface area (Å²) in [6.07, 6.45) is 9.66. The first-order valence-electron chi connectivity index (χ1n) is 7.71. The van der Waals surface area contributed by atoms with Crippen LogP contribution in [-0.4, -0.2) is 6.04 Å². The highest BCUT2D eigenvalue weighted by molar-refractivity contribution is 5.20. The van der Waals surface area contributed by atoms with Crippen LogP contribution in [0.4, 0.5) is 4.39 Å². The highest BCUT2D eigenvalue weighted by Crippen LogP contribution is 2.52. The highest BCUT2D eigenvalue weighted by Gasteiger charge is 2.46. The van der Waals surface area contributed by atoms with E-state index in [0.717, 1.165) is 5.56 Å². The summed E-state index contributed by atoms with van der Waals surface area (Å²) in [6.45, 7) is 2.16. The first kappa shape index (κ1) is 13.1. The van der Waals surface area contributed by atoms with Gasteiger partial charge in [0.15, 0.2) is 0 Å². The third kappa shape index (κ3) is 2.55. The Morgan fingerprint density at radius 1 is 1.21 bits per heavy atom. The van der Waals surface area contributed by atoms with Crippen LogP contribution in [0.1, 0.15) is 63.5 Å². The van der Waals surface area contributed by atoms with Gasteiger partial charge in [0.2, 0.25) is 0 Å². The number of hydrogen-bond donors (Lipinski definition) is 1. The second-order valence-electron chi connectivity index (χ2n) is 6.46. The molecular formula is C17H24FN. The first-order chi connectivity index (χ1) is 9.20. The van der Waals surface area contributed by atoms with E-state index in [1.165, 1.54) is 51.0 Å². The van der Waals surface area contributed by atoms with Crippen LogP contribution in [-0.2, 0) is 0 Å². The van der Waals surface area contributed by atoms with Gasteiger partial charge in [-0.3, -0.25) is 0 Å². The number of rotatable bonds is 3. The second-order valence-corrected chi connectivity index (χ2v) is 6.46. The molecule has 1 spiro atoms. The molecule has 0 heterocycles. The van der Waals surface area contributed by atoms with Crippen molar-refractivity contribution < 1.29 is 4.39 Å². The van der Waals surface area contributed by atoms with Crippen molar-refractivity contribution >= 4 is 0 Å². The van der Waals surface area contributed by atoms with Gasteiger partial charge in [0.1, 0.15) is 5.82 Å². The minimum atomic E-state index is -0.132. The van der Waals surface area contributed by atoms with Gasteiger partial charge in [-0.25, -0.2) is 4.39 Å². The molecule has 0 amide bonds. The molecule has 1 aromatic carbocycles. The Balaban J connectivity index is 1.65. The van der Waals surface area contributed by atoms with Crippen LogP contribution in [0.15, 0.2) is 24.3 Å².